The SMILES string of the molecule is CCCCCCCCCCCC(CC)OC(=O)[C@@H](N)CCCN=C(N)N. The molecule has 0 bridgehead atoms. The van der Waals surface area contributed by atoms with E-state index in [-0.39, 0.29) is 18.0 Å². The summed E-state index contributed by atoms with van der Waals surface area (Å²) < 4.78 is 5.56. The van der Waals surface area contributed by atoms with Crippen LogP contribution in [0, 0.1) is 0 Å². The molecule has 0 aliphatic carbocycles. The second-order valence-corrected chi connectivity index (χ2v) is 7.14. The highest BCUT2D eigenvalue weighted by molar-refractivity contribution is 5.76. The topological polar surface area (TPSA) is 117 Å². The molecular weight excluding hydrogens is 328 g/mol. The van der Waals surface area contributed by atoms with Crippen LogP contribution in [-0.2, 0) is 9.53 Å². The van der Waals surface area contributed by atoms with E-state index in [1.54, 1.807) is 0 Å². The molecule has 0 saturated carbocycles. The van der Waals surface area contributed by atoms with E-state index >= 15 is 0 Å². The third kappa shape index (κ3) is 15.0. The summed E-state index contributed by atoms with van der Waals surface area (Å²) in [6.07, 6.45) is 14.6. The van der Waals surface area contributed by atoms with Crippen LogP contribution in [0.1, 0.15) is 97.3 Å². The second kappa shape index (κ2) is 17.1. The first-order valence-corrected chi connectivity index (χ1v) is 10.5. The molecule has 0 aliphatic heterocycles. The van der Waals surface area contributed by atoms with E-state index in [9.17, 15) is 4.79 Å². The van der Waals surface area contributed by atoms with E-state index < -0.39 is 6.04 Å². The number of aliphatic imine (C=N–C) groups is 1. The normalized spacial score (nSPS) is 13.2. The van der Waals surface area contributed by atoms with E-state index in [0.29, 0.717) is 19.4 Å². The molecule has 0 amide bonds. The maximum absolute atomic E-state index is 12.1. The fourth-order valence-electron chi connectivity index (χ4n) is 2.92. The lowest BCUT2D eigenvalue weighted by atomic mass is 10.0. The van der Waals surface area contributed by atoms with E-state index in [0.717, 1.165) is 19.3 Å². The summed E-state index contributed by atoms with van der Waals surface area (Å²) in [6, 6.07) is -0.596. The van der Waals surface area contributed by atoms with Crippen LogP contribution in [0.3, 0.4) is 0 Å². The summed E-state index contributed by atoms with van der Waals surface area (Å²) >= 11 is 0. The van der Waals surface area contributed by atoms with Crippen molar-refractivity contribution in [1.29, 1.82) is 0 Å². The van der Waals surface area contributed by atoms with E-state index in [4.69, 9.17) is 21.9 Å². The zero-order valence-corrected chi connectivity index (χ0v) is 17.0. The highest BCUT2D eigenvalue weighted by Gasteiger charge is 2.18. The molecule has 6 nitrogen and oxygen atoms in total. The Morgan fingerprint density at radius 2 is 1.46 bits per heavy atom. The van der Waals surface area contributed by atoms with Gasteiger partial charge in [-0.25, -0.2) is 0 Å². The smallest absolute Gasteiger partial charge is 0.323 e. The Hall–Kier alpha value is -1.30. The van der Waals surface area contributed by atoms with Crippen molar-refractivity contribution in [3.63, 3.8) is 0 Å². The van der Waals surface area contributed by atoms with Gasteiger partial charge in [-0.15, -0.1) is 0 Å². The maximum Gasteiger partial charge on any atom is 0.323 e. The lowest BCUT2D eigenvalue weighted by Crippen LogP contribution is -2.35. The molecule has 0 saturated heterocycles. The molecule has 0 aromatic rings. The number of unbranched alkanes of at least 4 members (excludes halogenated alkanes) is 8. The van der Waals surface area contributed by atoms with Crippen molar-refractivity contribution in [2.75, 3.05) is 6.54 Å². The average molecular weight is 371 g/mol. The van der Waals surface area contributed by atoms with Crippen LogP contribution in [0.5, 0.6) is 0 Å². The van der Waals surface area contributed by atoms with Gasteiger partial charge in [-0.1, -0.05) is 65.2 Å². The predicted octanol–water partition coefficient (Wildman–Crippen LogP) is 3.61. The lowest BCUT2D eigenvalue weighted by molar-refractivity contribution is -0.151. The number of nitrogens with zero attached hydrogens (tertiary/aromatic N) is 1. The quantitative estimate of drug-likeness (QED) is 0.156. The molecule has 0 spiro atoms. The summed E-state index contributed by atoms with van der Waals surface area (Å²) in [5.74, 6) is -0.245. The summed E-state index contributed by atoms with van der Waals surface area (Å²) in [5.41, 5.74) is 16.4. The van der Waals surface area contributed by atoms with Crippen molar-refractivity contribution in [2.24, 2.45) is 22.2 Å². The number of carbonyl (C=O) groups is 1. The van der Waals surface area contributed by atoms with Crippen LogP contribution < -0.4 is 17.2 Å². The molecule has 0 aliphatic rings. The fraction of sp³-hybridized carbons (Fsp3) is 0.900. The van der Waals surface area contributed by atoms with Gasteiger partial charge in [0, 0.05) is 6.54 Å². The number of guanidine groups is 1. The van der Waals surface area contributed by atoms with Crippen LogP contribution >= 0.6 is 0 Å². The third-order valence-corrected chi connectivity index (χ3v) is 4.64. The minimum atomic E-state index is -0.596. The highest BCUT2D eigenvalue weighted by atomic mass is 16.5. The number of rotatable bonds is 17. The summed E-state index contributed by atoms with van der Waals surface area (Å²) in [6.45, 7) is 4.78. The Morgan fingerprint density at radius 1 is 0.885 bits per heavy atom. The Balaban J connectivity index is 3.76. The van der Waals surface area contributed by atoms with Crippen molar-refractivity contribution in [3.05, 3.63) is 0 Å². The first-order valence-electron chi connectivity index (χ1n) is 10.5. The molecule has 0 radical (unpaired) electrons. The molecule has 6 N–H and O–H groups in total. The number of esters is 1. The summed E-state index contributed by atoms with van der Waals surface area (Å²) in [4.78, 5) is 16.0. The van der Waals surface area contributed by atoms with Crippen LogP contribution in [0.4, 0.5) is 0 Å². The van der Waals surface area contributed by atoms with Gasteiger partial charge in [0.2, 0.25) is 0 Å². The number of nitrogens with two attached hydrogens (primary N) is 3. The molecule has 0 rings (SSSR count). The molecular formula is C20H42N4O2. The predicted molar refractivity (Wildman–Crippen MR) is 110 cm³/mol. The van der Waals surface area contributed by atoms with Crippen molar-refractivity contribution in [2.45, 2.75) is 109 Å². The molecule has 2 atom stereocenters. The second-order valence-electron chi connectivity index (χ2n) is 7.14. The van der Waals surface area contributed by atoms with Gasteiger partial charge >= 0.3 is 5.97 Å². The van der Waals surface area contributed by atoms with E-state index in [2.05, 4.69) is 18.8 Å². The number of hydrogen-bond acceptors (Lipinski definition) is 4. The zero-order chi connectivity index (χ0) is 19.6. The van der Waals surface area contributed by atoms with Crippen LogP contribution in [0.25, 0.3) is 0 Å². The van der Waals surface area contributed by atoms with Crippen molar-refractivity contribution >= 4 is 11.9 Å². The molecule has 0 heterocycles. The Bertz CT molecular complexity index is 371. The van der Waals surface area contributed by atoms with Gasteiger partial charge in [0.1, 0.15) is 12.1 Å². The summed E-state index contributed by atoms with van der Waals surface area (Å²) in [5, 5.41) is 0. The molecule has 0 aromatic heterocycles. The summed E-state index contributed by atoms with van der Waals surface area (Å²) in [7, 11) is 0. The molecule has 26 heavy (non-hydrogen) atoms. The van der Waals surface area contributed by atoms with Gasteiger partial charge in [-0.3, -0.25) is 9.79 Å². The van der Waals surface area contributed by atoms with Gasteiger partial charge < -0.3 is 21.9 Å². The average Bonchev–Trinajstić information content (AvgIpc) is 2.62. The standard InChI is InChI=1S/C20H42N4O2/c1-3-5-6-7-8-9-10-11-12-14-17(4-2)26-19(25)18(21)15-13-16-24-20(22)23/h17-18H,3-16,21H2,1-2H3,(H4,22,23,24)/t17?,18-/m0/s1. The van der Waals surface area contributed by atoms with Crippen molar-refractivity contribution < 1.29 is 9.53 Å². The van der Waals surface area contributed by atoms with Gasteiger partial charge in [-0.05, 0) is 32.1 Å². The molecule has 1 unspecified atom stereocenters. The van der Waals surface area contributed by atoms with Crippen LogP contribution in [0.2, 0.25) is 0 Å². The van der Waals surface area contributed by atoms with Gasteiger partial charge in [-0.2, -0.15) is 0 Å². The van der Waals surface area contributed by atoms with Crippen LogP contribution in [0.15, 0.2) is 4.99 Å². The molecule has 0 aromatic carbocycles. The van der Waals surface area contributed by atoms with E-state index in [1.807, 2.05) is 0 Å². The number of carbonyl (C=O) groups excluding carboxylic acids is 1. The first-order chi connectivity index (χ1) is 12.5. The highest BCUT2D eigenvalue weighted by Crippen LogP contribution is 2.14. The van der Waals surface area contributed by atoms with Gasteiger partial charge in [0.15, 0.2) is 5.96 Å². The van der Waals surface area contributed by atoms with Crippen molar-refractivity contribution in [1.82, 2.24) is 0 Å². The third-order valence-electron chi connectivity index (χ3n) is 4.64. The molecule has 154 valence electrons. The first kappa shape index (κ1) is 24.7. The van der Waals surface area contributed by atoms with E-state index in [1.165, 1.54) is 51.4 Å². The minimum absolute atomic E-state index is 0.0178. The zero-order valence-electron chi connectivity index (χ0n) is 17.0. The lowest BCUT2D eigenvalue weighted by Gasteiger charge is -2.19. The number of hydrogen-bond donors (Lipinski definition) is 3. The Morgan fingerprint density at radius 3 is 2.00 bits per heavy atom. The molecule has 6 heteroatoms. The molecule has 0 fully saturated rings. The monoisotopic (exact) mass is 370 g/mol. The van der Waals surface area contributed by atoms with Crippen molar-refractivity contribution in [3.8, 4) is 0 Å². The number of ether oxygens (including phenoxy) is 1. The van der Waals surface area contributed by atoms with Crippen LogP contribution in [-0.4, -0.2) is 30.6 Å². The van der Waals surface area contributed by atoms with Gasteiger partial charge in [0.25, 0.3) is 0 Å². The Kier molecular flexibility index (Phi) is 16.3. The van der Waals surface area contributed by atoms with Gasteiger partial charge in [0.05, 0.1) is 0 Å². The largest absolute Gasteiger partial charge is 0.461 e. The minimum Gasteiger partial charge on any atom is -0.461 e. The maximum atomic E-state index is 12.1. The fourth-order valence-corrected chi connectivity index (χ4v) is 2.92. The Labute approximate surface area is 160 Å².